The van der Waals surface area contributed by atoms with Gasteiger partial charge in [-0.05, 0) is 92.1 Å². The van der Waals surface area contributed by atoms with E-state index < -0.39 is 5.97 Å². The number of halogens is 3. The molecular weight excluding hydrogens is 469 g/mol. The van der Waals surface area contributed by atoms with E-state index in [0.29, 0.717) is 26.2 Å². The molecule has 0 atom stereocenters. The Labute approximate surface area is 168 Å². The summed E-state index contributed by atoms with van der Waals surface area (Å²) >= 11 is 6.81. The zero-order valence-electron chi connectivity index (χ0n) is 13.9. The Kier molecular flexibility index (Phi) is 6.19. The van der Waals surface area contributed by atoms with Gasteiger partial charge in [0.2, 0.25) is 0 Å². The first kappa shape index (κ1) is 19.2. The van der Waals surface area contributed by atoms with Crippen LogP contribution in [0.1, 0.15) is 24.0 Å². The second-order valence-corrected chi connectivity index (χ2v) is 8.13. The van der Waals surface area contributed by atoms with Gasteiger partial charge in [-0.3, -0.25) is 4.79 Å². The van der Waals surface area contributed by atoms with Crippen LogP contribution in [0, 0.1) is 11.7 Å². The van der Waals surface area contributed by atoms with Crippen LogP contribution in [0.2, 0.25) is 0 Å². The Bertz CT molecular complexity index is 801. The van der Waals surface area contributed by atoms with Gasteiger partial charge in [-0.25, -0.2) is 4.39 Å². The molecule has 0 bridgehead atoms. The fraction of sp³-hybridized carbons (Fsp3) is 0.316. The molecule has 1 fully saturated rings. The average molecular weight is 487 g/mol. The van der Waals surface area contributed by atoms with Gasteiger partial charge in [0.25, 0.3) is 0 Å². The standard InChI is InChI=1S/C19H18Br2FNO3/c20-16-5-12(7-18(24)25)6-17(21)19(16)26-10-13-3-14(22)8-15(4-13)23-9-11-1-2-11/h3-6,8,11,23H,1-2,7,9-10H2,(H,24,25). The molecule has 3 rings (SSSR count). The first-order valence-electron chi connectivity index (χ1n) is 8.26. The zero-order chi connectivity index (χ0) is 18.7. The Morgan fingerprint density at radius 2 is 1.85 bits per heavy atom. The molecule has 26 heavy (non-hydrogen) atoms. The summed E-state index contributed by atoms with van der Waals surface area (Å²) < 4.78 is 21.0. The van der Waals surface area contributed by atoms with Crippen molar-refractivity contribution in [3.05, 3.63) is 56.2 Å². The molecule has 2 aromatic rings. The van der Waals surface area contributed by atoms with E-state index in [1.54, 1.807) is 12.1 Å². The second-order valence-electron chi connectivity index (χ2n) is 6.42. The molecule has 1 aliphatic carbocycles. The highest BCUT2D eigenvalue weighted by atomic mass is 79.9. The highest BCUT2D eigenvalue weighted by Crippen LogP contribution is 2.36. The highest BCUT2D eigenvalue weighted by Gasteiger charge is 2.20. The number of aliphatic carboxylic acids is 1. The topological polar surface area (TPSA) is 58.6 Å². The summed E-state index contributed by atoms with van der Waals surface area (Å²) in [5, 5.41) is 12.2. The lowest BCUT2D eigenvalue weighted by atomic mass is 10.1. The summed E-state index contributed by atoms with van der Waals surface area (Å²) in [7, 11) is 0. The molecule has 1 aliphatic rings. The molecule has 0 heterocycles. The van der Waals surface area contributed by atoms with E-state index >= 15 is 0 Å². The molecule has 4 nitrogen and oxygen atoms in total. The molecular formula is C19H18Br2FNO3. The maximum Gasteiger partial charge on any atom is 0.307 e. The molecule has 0 spiro atoms. The molecule has 0 unspecified atom stereocenters. The highest BCUT2D eigenvalue weighted by molar-refractivity contribution is 9.11. The van der Waals surface area contributed by atoms with Gasteiger partial charge in [0, 0.05) is 12.2 Å². The minimum atomic E-state index is -0.900. The summed E-state index contributed by atoms with van der Waals surface area (Å²) in [5.41, 5.74) is 2.13. The molecule has 0 aromatic heterocycles. The number of benzene rings is 2. The molecule has 2 aromatic carbocycles. The molecule has 2 N–H and O–H groups in total. The van der Waals surface area contributed by atoms with Gasteiger partial charge in [-0.2, -0.15) is 0 Å². The average Bonchev–Trinajstić information content (AvgIpc) is 3.35. The van der Waals surface area contributed by atoms with Crippen molar-refractivity contribution in [1.82, 2.24) is 0 Å². The molecule has 0 amide bonds. The lowest BCUT2D eigenvalue weighted by Gasteiger charge is -2.13. The fourth-order valence-electron chi connectivity index (χ4n) is 2.60. The van der Waals surface area contributed by atoms with Crippen LogP contribution >= 0.6 is 31.9 Å². The third-order valence-corrected chi connectivity index (χ3v) is 5.22. The van der Waals surface area contributed by atoms with Gasteiger partial charge in [-0.15, -0.1) is 0 Å². The summed E-state index contributed by atoms with van der Waals surface area (Å²) in [5.74, 6) is 0.0490. The summed E-state index contributed by atoms with van der Waals surface area (Å²) in [6.45, 7) is 1.07. The number of carboxylic acids is 1. The van der Waals surface area contributed by atoms with Crippen molar-refractivity contribution in [2.75, 3.05) is 11.9 Å². The van der Waals surface area contributed by atoms with E-state index in [4.69, 9.17) is 9.84 Å². The predicted octanol–water partition coefficient (Wildman–Crippen LogP) is 5.38. The van der Waals surface area contributed by atoms with Gasteiger partial charge < -0.3 is 15.2 Å². The minimum absolute atomic E-state index is 0.0720. The zero-order valence-corrected chi connectivity index (χ0v) is 17.1. The van der Waals surface area contributed by atoms with Crippen LogP contribution in [0.5, 0.6) is 5.75 Å². The Morgan fingerprint density at radius 1 is 1.15 bits per heavy atom. The number of ether oxygens (including phenoxy) is 1. The van der Waals surface area contributed by atoms with Crippen molar-refractivity contribution < 1.29 is 19.0 Å². The summed E-state index contributed by atoms with van der Waals surface area (Å²) in [6.07, 6.45) is 2.40. The van der Waals surface area contributed by atoms with Crippen LogP contribution in [0.25, 0.3) is 0 Å². The number of hydrogen-bond acceptors (Lipinski definition) is 3. The van der Waals surface area contributed by atoms with E-state index in [1.165, 1.54) is 25.0 Å². The molecule has 1 saturated carbocycles. The van der Waals surface area contributed by atoms with Crippen LogP contribution in [0.15, 0.2) is 39.3 Å². The molecule has 7 heteroatoms. The van der Waals surface area contributed by atoms with E-state index in [1.807, 2.05) is 6.07 Å². The van der Waals surface area contributed by atoms with E-state index in [0.717, 1.165) is 17.8 Å². The molecule has 0 radical (unpaired) electrons. The van der Waals surface area contributed by atoms with Crippen molar-refractivity contribution in [3.8, 4) is 5.75 Å². The van der Waals surface area contributed by atoms with E-state index in [2.05, 4.69) is 37.2 Å². The lowest BCUT2D eigenvalue weighted by molar-refractivity contribution is -0.136. The third kappa shape index (κ3) is 5.45. The SMILES string of the molecule is O=C(O)Cc1cc(Br)c(OCc2cc(F)cc(NCC3CC3)c2)c(Br)c1. The maximum atomic E-state index is 13.9. The second kappa shape index (κ2) is 8.39. The van der Waals surface area contributed by atoms with E-state index in [9.17, 15) is 9.18 Å². The van der Waals surface area contributed by atoms with Crippen LogP contribution in [-0.4, -0.2) is 17.6 Å². The maximum absolute atomic E-state index is 13.9. The largest absolute Gasteiger partial charge is 0.487 e. The van der Waals surface area contributed by atoms with Gasteiger partial charge >= 0.3 is 5.97 Å². The first-order valence-corrected chi connectivity index (χ1v) is 9.85. The predicted molar refractivity (Wildman–Crippen MR) is 105 cm³/mol. The monoisotopic (exact) mass is 485 g/mol. The Hall–Kier alpha value is -1.60. The smallest absolute Gasteiger partial charge is 0.307 e. The number of hydrogen-bond donors (Lipinski definition) is 2. The minimum Gasteiger partial charge on any atom is -0.487 e. The summed E-state index contributed by atoms with van der Waals surface area (Å²) in [6, 6.07) is 8.23. The van der Waals surface area contributed by atoms with Crippen molar-refractivity contribution in [3.63, 3.8) is 0 Å². The molecule has 138 valence electrons. The quantitative estimate of drug-likeness (QED) is 0.526. The Balaban J connectivity index is 1.69. The number of anilines is 1. The van der Waals surface area contributed by atoms with E-state index in [-0.39, 0.29) is 18.8 Å². The lowest BCUT2D eigenvalue weighted by Crippen LogP contribution is -2.05. The van der Waals surface area contributed by atoms with Gasteiger partial charge in [0.15, 0.2) is 0 Å². The number of nitrogens with one attached hydrogen (secondary N) is 1. The van der Waals surface area contributed by atoms with Gasteiger partial charge in [-0.1, -0.05) is 0 Å². The van der Waals surface area contributed by atoms with Crippen molar-refractivity contribution >= 4 is 43.5 Å². The van der Waals surface area contributed by atoms with Crippen LogP contribution in [-0.2, 0) is 17.8 Å². The van der Waals surface area contributed by atoms with Gasteiger partial charge in [0.05, 0.1) is 15.4 Å². The first-order chi connectivity index (χ1) is 12.4. The normalized spacial score (nSPS) is 13.5. The Morgan fingerprint density at radius 3 is 2.46 bits per heavy atom. The summed E-state index contributed by atoms with van der Waals surface area (Å²) in [4.78, 5) is 10.8. The fourth-order valence-corrected chi connectivity index (χ4v) is 4.11. The van der Waals surface area contributed by atoms with Gasteiger partial charge in [0.1, 0.15) is 18.2 Å². The van der Waals surface area contributed by atoms with Crippen molar-refractivity contribution in [2.24, 2.45) is 5.92 Å². The van der Waals surface area contributed by atoms with Crippen LogP contribution < -0.4 is 10.1 Å². The number of carbonyl (C=O) groups is 1. The number of carboxylic acid groups (broad SMARTS) is 1. The van der Waals surface area contributed by atoms with Crippen molar-refractivity contribution in [1.29, 1.82) is 0 Å². The van der Waals surface area contributed by atoms with Crippen LogP contribution in [0.3, 0.4) is 0 Å². The van der Waals surface area contributed by atoms with Crippen molar-refractivity contribution in [2.45, 2.75) is 25.9 Å². The molecule has 0 aliphatic heterocycles. The number of rotatable bonds is 8. The molecule has 0 saturated heterocycles. The van der Waals surface area contributed by atoms with Crippen LogP contribution in [0.4, 0.5) is 10.1 Å². The third-order valence-electron chi connectivity index (χ3n) is 4.05.